The van der Waals surface area contributed by atoms with E-state index in [4.69, 9.17) is 16.7 Å². The summed E-state index contributed by atoms with van der Waals surface area (Å²) in [6, 6.07) is 0.0332. The third-order valence-electron chi connectivity index (χ3n) is 2.10. The molecule has 0 aromatic rings. The van der Waals surface area contributed by atoms with Crippen LogP contribution in [0.25, 0.3) is 0 Å². The van der Waals surface area contributed by atoms with Crippen LogP contribution in [0, 0.1) is 5.92 Å². The van der Waals surface area contributed by atoms with E-state index in [1.54, 1.807) is 6.92 Å². The number of alkyl halides is 1. The summed E-state index contributed by atoms with van der Waals surface area (Å²) in [4.78, 5) is 11.2. The number of hydrogen-bond donors (Lipinski definition) is 2. The topological polar surface area (TPSA) is 49.3 Å². The minimum absolute atomic E-state index is 0.0332. The van der Waals surface area contributed by atoms with Gasteiger partial charge in [0, 0.05) is 18.6 Å². The second-order valence-corrected chi connectivity index (χ2v) is 3.95. The zero-order valence-electron chi connectivity index (χ0n) is 7.53. The third-order valence-corrected chi connectivity index (χ3v) is 2.29. The Bertz CT molecular complexity index is 216. The van der Waals surface area contributed by atoms with Crippen molar-refractivity contribution in [3.05, 3.63) is 12.2 Å². The molecule has 1 rings (SSSR count). The van der Waals surface area contributed by atoms with E-state index in [-0.39, 0.29) is 24.5 Å². The zero-order valence-corrected chi connectivity index (χ0v) is 8.29. The summed E-state index contributed by atoms with van der Waals surface area (Å²) in [7, 11) is 0. The summed E-state index contributed by atoms with van der Waals surface area (Å²) in [5.74, 6) is 0.0193. The van der Waals surface area contributed by atoms with Gasteiger partial charge in [-0.1, -0.05) is 12.2 Å². The molecule has 0 radical (unpaired) electrons. The van der Waals surface area contributed by atoms with E-state index in [1.165, 1.54) is 0 Å². The Kier molecular flexibility index (Phi) is 3.75. The molecule has 4 heteroatoms. The normalized spacial score (nSPS) is 28.8. The number of aliphatic hydroxyl groups is 1. The van der Waals surface area contributed by atoms with Crippen LogP contribution in [-0.2, 0) is 4.79 Å². The van der Waals surface area contributed by atoms with Gasteiger partial charge in [0.1, 0.15) is 5.38 Å². The van der Waals surface area contributed by atoms with E-state index in [2.05, 4.69) is 5.32 Å². The molecule has 1 aliphatic rings. The van der Waals surface area contributed by atoms with E-state index < -0.39 is 5.38 Å². The number of hydrogen-bond acceptors (Lipinski definition) is 2. The number of nitrogens with one attached hydrogen (secondary N) is 1. The molecule has 13 heavy (non-hydrogen) atoms. The fourth-order valence-electron chi connectivity index (χ4n) is 1.31. The molecule has 0 fully saturated rings. The van der Waals surface area contributed by atoms with Crippen LogP contribution >= 0.6 is 11.6 Å². The van der Waals surface area contributed by atoms with Crippen molar-refractivity contribution in [1.29, 1.82) is 0 Å². The SMILES string of the molecule is CC(Cl)C(=O)N[C@@H]1C=C[C@H](CO)C1. The van der Waals surface area contributed by atoms with Crippen LogP contribution in [0.4, 0.5) is 0 Å². The lowest BCUT2D eigenvalue weighted by molar-refractivity contribution is -0.120. The fraction of sp³-hybridized carbons (Fsp3) is 0.667. The third kappa shape index (κ3) is 3.01. The maximum atomic E-state index is 11.2. The molecular weight excluding hydrogens is 190 g/mol. The number of aliphatic hydroxyl groups excluding tert-OH is 1. The van der Waals surface area contributed by atoms with Crippen molar-refractivity contribution in [3.63, 3.8) is 0 Å². The van der Waals surface area contributed by atoms with Crippen LogP contribution < -0.4 is 5.32 Å². The lowest BCUT2D eigenvalue weighted by Crippen LogP contribution is -2.37. The molecule has 74 valence electrons. The molecule has 3 nitrogen and oxygen atoms in total. The first kappa shape index (κ1) is 10.5. The molecule has 1 unspecified atom stereocenters. The number of carbonyl (C=O) groups excluding carboxylic acids is 1. The Balaban J connectivity index is 2.33. The van der Waals surface area contributed by atoms with Gasteiger partial charge >= 0.3 is 0 Å². The van der Waals surface area contributed by atoms with Gasteiger partial charge in [-0.15, -0.1) is 11.6 Å². The molecule has 3 atom stereocenters. The minimum Gasteiger partial charge on any atom is -0.396 e. The number of rotatable bonds is 3. The van der Waals surface area contributed by atoms with Gasteiger partial charge in [-0.2, -0.15) is 0 Å². The van der Waals surface area contributed by atoms with Gasteiger partial charge in [0.05, 0.1) is 0 Å². The van der Waals surface area contributed by atoms with Gasteiger partial charge < -0.3 is 10.4 Å². The van der Waals surface area contributed by atoms with Gasteiger partial charge in [-0.05, 0) is 13.3 Å². The first-order valence-electron chi connectivity index (χ1n) is 4.37. The molecule has 0 bridgehead atoms. The van der Waals surface area contributed by atoms with E-state index >= 15 is 0 Å². The van der Waals surface area contributed by atoms with Crippen molar-refractivity contribution in [2.75, 3.05) is 6.61 Å². The average Bonchev–Trinajstić information content (AvgIpc) is 2.52. The Morgan fingerprint density at radius 1 is 1.77 bits per heavy atom. The minimum atomic E-state index is -0.499. The summed E-state index contributed by atoms with van der Waals surface area (Å²) in [6.07, 6.45) is 4.59. The van der Waals surface area contributed by atoms with Crippen LogP contribution in [0.1, 0.15) is 13.3 Å². The number of amides is 1. The summed E-state index contributed by atoms with van der Waals surface area (Å²) >= 11 is 5.59. The van der Waals surface area contributed by atoms with Gasteiger partial charge in [-0.25, -0.2) is 0 Å². The van der Waals surface area contributed by atoms with Crippen LogP contribution in [-0.4, -0.2) is 29.0 Å². The van der Waals surface area contributed by atoms with Crippen LogP contribution in [0.5, 0.6) is 0 Å². The van der Waals surface area contributed by atoms with Crippen molar-refractivity contribution in [2.45, 2.75) is 24.8 Å². The van der Waals surface area contributed by atoms with Crippen molar-refractivity contribution < 1.29 is 9.90 Å². The van der Waals surface area contributed by atoms with Crippen LogP contribution in [0.2, 0.25) is 0 Å². The highest BCUT2D eigenvalue weighted by atomic mass is 35.5. The van der Waals surface area contributed by atoms with Crippen molar-refractivity contribution >= 4 is 17.5 Å². The molecule has 0 aromatic heterocycles. The molecule has 1 aliphatic carbocycles. The average molecular weight is 204 g/mol. The zero-order chi connectivity index (χ0) is 9.84. The lowest BCUT2D eigenvalue weighted by Gasteiger charge is -2.13. The van der Waals surface area contributed by atoms with Gasteiger partial charge in [0.15, 0.2) is 0 Å². The molecule has 2 N–H and O–H groups in total. The Morgan fingerprint density at radius 2 is 2.46 bits per heavy atom. The largest absolute Gasteiger partial charge is 0.396 e. The molecule has 0 saturated carbocycles. The Morgan fingerprint density at radius 3 is 2.92 bits per heavy atom. The second kappa shape index (κ2) is 4.63. The maximum absolute atomic E-state index is 11.2. The monoisotopic (exact) mass is 203 g/mol. The molecule has 1 amide bonds. The van der Waals surface area contributed by atoms with Gasteiger partial charge in [-0.3, -0.25) is 4.79 Å². The summed E-state index contributed by atoms with van der Waals surface area (Å²) in [5, 5.41) is 11.1. The predicted molar refractivity (Wildman–Crippen MR) is 51.6 cm³/mol. The lowest BCUT2D eigenvalue weighted by atomic mass is 10.1. The van der Waals surface area contributed by atoms with E-state index in [9.17, 15) is 4.79 Å². The smallest absolute Gasteiger partial charge is 0.238 e. The Hall–Kier alpha value is -0.540. The van der Waals surface area contributed by atoms with Crippen LogP contribution in [0.3, 0.4) is 0 Å². The summed E-state index contributed by atoms with van der Waals surface area (Å²) < 4.78 is 0. The van der Waals surface area contributed by atoms with E-state index in [0.29, 0.717) is 0 Å². The van der Waals surface area contributed by atoms with E-state index in [0.717, 1.165) is 6.42 Å². The Labute approximate surface area is 82.8 Å². The fourth-order valence-corrected chi connectivity index (χ4v) is 1.38. The maximum Gasteiger partial charge on any atom is 0.238 e. The summed E-state index contributed by atoms with van der Waals surface area (Å²) in [6.45, 7) is 1.78. The quantitative estimate of drug-likeness (QED) is 0.523. The predicted octanol–water partition coefficient (Wildman–Crippen LogP) is 0.667. The second-order valence-electron chi connectivity index (χ2n) is 3.29. The molecule has 0 heterocycles. The number of carbonyl (C=O) groups is 1. The molecule has 0 aliphatic heterocycles. The van der Waals surface area contributed by atoms with Crippen molar-refractivity contribution in [2.24, 2.45) is 5.92 Å². The molecule has 0 spiro atoms. The standard InChI is InChI=1S/C9H14ClNO2/c1-6(10)9(13)11-8-3-2-7(4-8)5-12/h2-3,6-8,12H,4-5H2,1H3,(H,11,13)/t6?,7-,8+/m0/s1. The summed E-state index contributed by atoms with van der Waals surface area (Å²) in [5.41, 5.74) is 0. The van der Waals surface area contributed by atoms with Crippen molar-refractivity contribution in [3.8, 4) is 0 Å². The highest BCUT2D eigenvalue weighted by Gasteiger charge is 2.20. The van der Waals surface area contributed by atoms with E-state index in [1.807, 2.05) is 12.2 Å². The van der Waals surface area contributed by atoms with Gasteiger partial charge in [0.2, 0.25) is 5.91 Å². The highest BCUT2D eigenvalue weighted by molar-refractivity contribution is 6.30. The van der Waals surface area contributed by atoms with Gasteiger partial charge in [0.25, 0.3) is 0 Å². The van der Waals surface area contributed by atoms with Crippen molar-refractivity contribution in [1.82, 2.24) is 5.32 Å². The highest BCUT2D eigenvalue weighted by Crippen LogP contribution is 2.17. The number of halogens is 1. The first-order chi connectivity index (χ1) is 6.13. The molecular formula is C9H14ClNO2. The first-order valence-corrected chi connectivity index (χ1v) is 4.80. The molecule has 0 aromatic carbocycles. The molecule has 0 saturated heterocycles. The van der Waals surface area contributed by atoms with Crippen LogP contribution in [0.15, 0.2) is 12.2 Å².